The minimum atomic E-state index is 0.114. The third-order valence-electron chi connectivity index (χ3n) is 3.95. The molecule has 1 fully saturated rings. The molecule has 0 aromatic carbocycles. The number of nitrogens with zero attached hydrogens (tertiary/aromatic N) is 2. The Labute approximate surface area is 121 Å². The second kappa shape index (κ2) is 6.73. The van der Waals surface area contributed by atoms with Crippen molar-refractivity contribution in [2.45, 2.75) is 52.5 Å². The standard InChI is InChI=1S/C16H25N3O/c1-4-17-15-10-12(2)18-11-14(15)16(20)19-9-7-5-6-8-13(19)3/h10-11,13H,4-9H2,1-3H3,(H,17,18). The van der Waals surface area contributed by atoms with E-state index in [1.807, 2.05) is 24.8 Å². The Hall–Kier alpha value is -1.58. The minimum absolute atomic E-state index is 0.114. The fourth-order valence-electron chi connectivity index (χ4n) is 2.80. The summed E-state index contributed by atoms with van der Waals surface area (Å²) in [5.74, 6) is 0.114. The van der Waals surface area contributed by atoms with E-state index in [0.29, 0.717) is 11.6 Å². The van der Waals surface area contributed by atoms with Crippen molar-refractivity contribution in [2.75, 3.05) is 18.4 Å². The largest absolute Gasteiger partial charge is 0.385 e. The molecule has 1 unspecified atom stereocenters. The van der Waals surface area contributed by atoms with Gasteiger partial charge >= 0.3 is 0 Å². The van der Waals surface area contributed by atoms with Gasteiger partial charge < -0.3 is 10.2 Å². The minimum Gasteiger partial charge on any atom is -0.385 e. The molecular formula is C16H25N3O. The normalized spacial score (nSPS) is 19.6. The van der Waals surface area contributed by atoms with Gasteiger partial charge in [0.2, 0.25) is 0 Å². The topological polar surface area (TPSA) is 45.2 Å². The first kappa shape index (κ1) is 14.8. The summed E-state index contributed by atoms with van der Waals surface area (Å²) in [6.07, 6.45) is 6.36. The molecular weight excluding hydrogens is 250 g/mol. The number of hydrogen-bond acceptors (Lipinski definition) is 3. The van der Waals surface area contributed by atoms with E-state index >= 15 is 0 Å². The van der Waals surface area contributed by atoms with Crippen molar-refractivity contribution in [3.05, 3.63) is 23.5 Å². The van der Waals surface area contributed by atoms with E-state index in [2.05, 4.69) is 17.2 Å². The van der Waals surface area contributed by atoms with Gasteiger partial charge in [0.25, 0.3) is 5.91 Å². The van der Waals surface area contributed by atoms with Gasteiger partial charge in [-0.2, -0.15) is 0 Å². The van der Waals surface area contributed by atoms with Crippen LogP contribution in [-0.2, 0) is 0 Å². The molecule has 2 rings (SSSR count). The van der Waals surface area contributed by atoms with Gasteiger partial charge in [0.05, 0.1) is 11.3 Å². The van der Waals surface area contributed by atoms with Gasteiger partial charge in [-0.25, -0.2) is 0 Å². The Kier molecular flexibility index (Phi) is 4.99. The van der Waals surface area contributed by atoms with Crippen molar-refractivity contribution in [3.8, 4) is 0 Å². The molecule has 0 bridgehead atoms. The van der Waals surface area contributed by atoms with Gasteiger partial charge in [-0.1, -0.05) is 12.8 Å². The molecule has 0 aliphatic carbocycles. The van der Waals surface area contributed by atoms with Crippen LogP contribution in [0.5, 0.6) is 0 Å². The molecule has 2 heterocycles. The lowest BCUT2D eigenvalue weighted by Crippen LogP contribution is -2.38. The molecule has 4 nitrogen and oxygen atoms in total. The SMILES string of the molecule is CCNc1cc(C)ncc1C(=O)N1CCCCCC1C. The van der Waals surface area contributed by atoms with E-state index in [1.54, 1.807) is 6.20 Å². The molecule has 1 aromatic heterocycles. The average Bonchev–Trinajstić information content (AvgIpc) is 2.63. The highest BCUT2D eigenvalue weighted by atomic mass is 16.2. The summed E-state index contributed by atoms with van der Waals surface area (Å²) >= 11 is 0. The second-order valence-corrected chi connectivity index (χ2v) is 5.60. The van der Waals surface area contributed by atoms with Crippen LogP contribution in [0.4, 0.5) is 5.69 Å². The fraction of sp³-hybridized carbons (Fsp3) is 0.625. The molecule has 0 spiro atoms. The van der Waals surface area contributed by atoms with Crippen LogP contribution in [0.1, 0.15) is 55.6 Å². The molecule has 1 N–H and O–H groups in total. The molecule has 110 valence electrons. The monoisotopic (exact) mass is 275 g/mol. The average molecular weight is 275 g/mol. The maximum Gasteiger partial charge on any atom is 0.257 e. The lowest BCUT2D eigenvalue weighted by atomic mass is 10.1. The van der Waals surface area contributed by atoms with Crippen molar-refractivity contribution in [1.82, 2.24) is 9.88 Å². The van der Waals surface area contributed by atoms with Gasteiger partial charge in [0.1, 0.15) is 0 Å². The summed E-state index contributed by atoms with van der Waals surface area (Å²) in [5, 5.41) is 3.28. The van der Waals surface area contributed by atoms with Gasteiger partial charge in [0.15, 0.2) is 0 Å². The number of carbonyl (C=O) groups is 1. The van der Waals surface area contributed by atoms with Crippen LogP contribution in [-0.4, -0.2) is 34.9 Å². The first-order chi connectivity index (χ1) is 9.63. The van der Waals surface area contributed by atoms with Gasteiger partial charge in [0, 0.05) is 31.0 Å². The summed E-state index contributed by atoms with van der Waals surface area (Å²) in [7, 11) is 0. The maximum absolute atomic E-state index is 12.8. The lowest BCUT2D eigenvalue weighted by molar-refractivity contribution is 0.0698. The van der Waals surface area contributed by atoms with Crippen molar-refractivity contribution < 1.29 is 4.79 Å². The predicted octanol–water partition coefficient (Wildman–Crippen LogP) is 3.23. The van der Waals surface area contributed by atoms with Crippen LogP contribution >= 0.6 is 0 Å². The predicted molar refractivity (Wildman–Crippen MR) is 82.1 cm³/mol. The van der Waals surface area contributed by atoms with E-state index in [9.17, 15) is 4.79 Å². The van der Waals surface area contributed by atoms with Crippen LogP contribution < -0.4 is 5.32 Å². The maximum atomic E-state index is 12.8. The highest BCUT2D eigenvalue weighted by molar-refractivity contribution is 5.99. The third-order valence-corrected chi connectivity index (χ3v) is 3.95. The first-order valence-electron chi connectivity index (χ1n) is 7.65. The zero-order valence-corrected chi connectivity index (χ0v) is 12.8. The van der Waals surface area contributed by atoms with E-state index in [1.165, 1.54) is 12.8 Å². The summed E-state index contributed by atoms with van der Waals surface area (Å²) in [6.45, 7) is 7.80. The second-order valence-electron chi connectivity index (χ2n) is 5.60. The van der Waals surface area contributed by atoms with Crippen LogP contribution in [0.2, 0.25) is 0 Å². The Bertz CT molecular complexity index is 473. The number of likely N-dealkylation sites (tertiary alicyclic amines) is 1. The molecule has 20 heavy (non-hydrogen) atoms. The fourth-order valence-corrected chi connectivity index (χ4v) is 2.80. The number of anilines is 1. The molecule has 1 aromatic rings. The first-order valence-corrected chi connectivity index (χ1v) is 7.65. The summed E-state index contributed by atoms with van der Waals surface area (Å²) in [5.41, 5.74) is 2.54. The molecule has 0 saturated carbocycles. The van der Waals surface area contributed by atoms with E-state index < -0.39 is 0 Å². The van der Waals surface area contributed by atoms with Crippen molar-refractivity contribution >= 4 is 11.6 Å². The number of aromatic nitrogens is 1. The zero-order chi connectivity index (χ0) is 14.5. The Morgan fingerprint density at radius 2 is 2.25 bits per heavy atom. The lowest BCUT2D eigenvalue weighted by Gasteiger charge is -2.28. The molecule has 4 heteroatoms. The van der Waals surface area contributed by atoms with Crippen molar-refractivity contribution in [3.63, 3.8) is 0 Å². The number of carbonyl (C=O) groups excluding carboxylic acids is 1. The Morgan fingerprint density at radius 1 is 1.45 bits per heavy atom. The molecule has 1 aliphatic heterocycles. The summed E-state index contributed by atoms with van der Waals surface area (Å²) < 4.78 is 0. The van der Waals surface area contributed by atoms with Crippen LogP contribution in [0.3, 0.4) is 0 Å². The van der Waals surface area contributed by atoms with E-state index in [-0.39, 0.29) is 5.91 Å². The molecule has 1 aliphatic rings. The van der Waals surface area contributed by atoms with Crippen molar-refractivity contribution in [2.24, 2.45) is 0 Å². The van der Waals surface area contributed by atoms with Gasteiger partial charge in [-0.15, -0.1) is 0 Å². The number of amides is 1. The van der Waals surface area contributed by atoms with Gasteiger partial charge in [-0.05, 0) is 39.7 Å². The molecule has 0 radical (unpaired) electrons. The zero-order valence-electron chi connectivity index (χ0n) is 12.8. The molecule has 1 atom stereocenters. The van der Waals surface area contributed by atoms with Crippen molar-refractivity contribution in [1.29, 1.82) is 0 Å². The number of nitrogens with one attached hydrogen (secondary N) is 1. The summed E-state index contributed by atoms with van der Waals surface area (Å²) in [4.78, 5) is 19.1. The van der Waals surface area contributed by atoms with Crippen LogP contribution in [0.15, 0.2) is 12.3 Å². The number of pyridine rings is 1. The van der Waals surface area contributed by atoms with Gasteiger partial charge in [-0.3, -0.25) is 9.78 Å². The molecule has 1 amide bonds. The highest BCUT2D eigenvalue weighted by Gasteiger charge is 2.25. The van der Waals surface area contributed by atoms with Crippen LogP contribution in [0, 0.1) is 6.92 Å². The van der Waals surface area contributed by atoms with E-state index in [0.717, 1.165) is 37.3 Å². The smallest absolute Gasteiger partial charge is 0.257 e. The Morgan fingerprint density at radius 3 is 3.00 bits per heavy atom. The third kappa shape index (κ3) is 3.30. The summed E-state index contributed by atoms with van der Waals surface area (Å²) in [6, 6.07) is 2.28. The number of rotatable bonds is 3. The highest BCUT2D eigenvalue weighted by Crippen LogP contribution is 2.23. The quantitative estimate of drug-likeness (QED) is 0.921. The molecule has 1 saturated heterocycles. The number of hydrogen-bond donors (Lipinski definition) is 1. The number of aryl methyl sites for hydroxylation is 1. The van der Waals surface area contributed by atoms with E-state index in [4.69, 9.17) is 0 Å². The van der Waals surface area contributed by atoms with Crippen LogP contribution in [0.25, 0.3) is 0 Å². The Balaban J connectivity index is 2.27.